The summed E-state index contributed by atoms with van der Waals surface area (Å²) in [5.74, 6) is -0.220. The molecule has 1 aliphatic heterocycles. The first-order chi connectivity index (χ1) is 14.7. The summed E-state index contributed by atoms with van der Waals surface area (Å²) in [6, 6.07) is 9.69. The third-order valence-corrected chi connectivity index (χ3v) is 7.18. The molecule has 1 fully saturated rings. The number of aryl methyl sites for hydroxylation is 1. The molecule has 0 radical (unpaired) electrons. The first-order valence-electron chi connectivity index (χ1n) is 10.4. The number of rotatable bonds is 7. The van der Waals surface area contributed by atoms with Crippen LogP contribution in [0.3, 0.4) is 0 Å². The lowest BCUT2D eigenvalue weighted by atomic mass is 10.1. The van der Waals surface area contributed by atoms with Crippen molar-refractivity contribution >= 4 is 38.9 Å². The first-order valence-corrected chi connectivity index (χ1v) is 12.3. The molecule has 3 N–H and O–H groups in total. The van der Waals surface area contributed by atoms with E-state index in [2.05, 4.69) is 20.3 Å². The van der Waals surface area contributed by atoms with E-state index in [-0.39, 0.29) is 16.8 Å². The van der Waals surface area contributed by atoms with E-state index in [4.69, 9.17) is 11.6 Å². The Kier molecular flexibility index (Phi) is 7.46. The lowest BCUT2D eigenvalue weighted by Crippen LogP contribution is -2.44. The van der Waals surface area contributed by atoms with E-state index in [9.17, 15) is 13.2 Å². The van der Waals surface area contributed by atoms with Gasteiger partial charge in [0.25, 0.3) is 15.9 Å². The van der Waals surface area contributed by atoms with Crippen LogP contribution in [0.25, 0.3) is 0 Å². The van der Waals surface area contributed by atoms with Crippen molar-refractivity contribution in [2.24, 2.45) is 0 Å². The van der Waals surface area contributed by atoms with Crippen LogP contribution < -0.4 is 20.3 Å². The normalized spacial score (nSPS) is 15.4. The molecule has 1 saturated heterocycles. The summed E-state index contributed by atoms with van der Waals surface area (Å²) in [7, 11) is -3.85. The lowest BCUT2D eigenvalue weighted by Gasteiger charge is -2.31. The summed E-state index contributed by atoms with van der Waals surface area (Å²) in [4.78, 5) is 15.2. The van der Waals surface area contributed by atoms with E-state index in [1.165, 1.54) is 12.1 Å². The van der Waals surface area contributed by atoms with Crippen molar-refractivity contribution in [3.63, 3.8) is 0 Å². The number of hydrogen-bond acceptors (Lipinski definition) is 5. The molecule has 1 aliphatic rings. The number of piperazine rings is 1. The van der Waals surface area contributed by atoms with Gasteiger partial charge in [-0.3, -0.25) is 9.52 Å². The Morgan fingerprint density at radius 3 is 2.55 bits per heavy atom. The highest BCUT2D eigenvalue weighted by Gasteiger charge is 2.22. The lowest BCUT2D eigenvalue weighted by molar-refractivity contribution is 0.0939. The molecule has 2 aromatic rings. The van der Waals surface area contributed by atoms with Crippen LogP contribution in [0.5, 0.6) is 0 Å². The van der Waals surface area contributed by atoms with Gasteiger partial charge < -0.3 is 15.5 Å². The molecule has 168 valence electrons. The Balaban J connectivity index is 1.94. The van der Waals surface area contributed by atoms with Gasteiger partial charge in [-0.05, 0) is 56.2 Å². The molecule has 7 nitrogen and oxygen atoms in total. The smallest absolute Gasteiger partial charge is 0.261 e. The van der Waals surface area contributed by atoms with Gasteiger partial charge in [-0.15, -0.1) is 0 Å². The Hall–Kier alpha value is -2.29. The highest BCUT2D eigenvalue weighted by Crippen LogP contribution is 2.27. The van der Waals surface area contributed by atoms with Gasteiger partial charge >= 0.3 is 0 Å². The van der Waals surface area contributed by atoms with Crippen LogP contribution in [0.2, 0.25) is 5.02 Å². The molecule has 0 saturated carbocycles. The molecule has 9 heteroatoms. The summed E-state index contributed by atoms with van der Waals surface area (Å²) in [6.07, 6.45) is 0.801. The molecule has 1 atom stereocenters. The van der Waals surface area contributed by atoms with Gasteiger partial charge in [-0.1, -0.05) is 24.6 Å². The monoisotopic (exact) mass is 464 g/mol. The van der Waals surface area contributed by atoms with Crippen LogP contribution in [0, 0.1) is 6.92 Å². The Labute approximate surface area is 189 Å². The summed E-state index contributed by atoms with van der Waals surface area (Å²) >= 11 is 6.10. The molecular weight excluding hydrogens is 436 g/mol. The molecule has 0 spiro atoms. The van der Waals surface area contributed by atoms with E-state index in [0.29, 0.717) is 16.3 Å². The van der Waals surface area contributed by atoms with Crippen molar-refractivity contribution < 1.29 is 13.2 Å². The average molecular weight is 465 g/mol. The maximum absolute atomic E-state index is 13.0. The second kappa shape index (κ2) is 9.89. The van der Waals surface area contributed by atoms with Gasteiger partial charge in [0, 0.05) is 48.6 Å². The quantitative estimate of drug-likeness (QED) is 0.584. The van der Waals surface area contributed by atoms with Gasteiger partial charge in [0.2, 0.25) is 0 Å². The minimum absolute atomic E-state index is 0.0124. The van der Waals surface area contributed by atoms with Crippen LogP contribution in [0.1, 0.15) is 36.2 Å². The molecule has 0 unspecified atom stereocenters. The zero-order valence-corrected chi connectivity index (χ0v) is 19.6. The number of amides is 1. The standard InChI is InChI=1S/C22H29ClN4O3S/c1-4-16(3)25-22(28)19-13-17(6-8-21(19)27-11-9-24-10-12-27)26-31(29,30)18-7-5-15(2)20(23)14-18/h5-8,13-14,16,24,26H,4,9-12H2,1-3H3,(H,25,28)/t16-/m1/s1. The first kappa shape index (κ1) is 23.4. The van der Waals surface area contributed by atoms with Crippen molar-refractivity contribution in [1.82, 2.24) is 10.6 Å². The Morgan fingerprint density at radius 1 is 1.19 bits per heavy atom. The second-order valence-electron chi connectivity index (χ2n) is 7.77. The number of halogens is 1. The number of nitrogens with one attached hydrogen (secondary N) is 3. The molecule has 0 aromatic heterocycles. The predicted molar refractivity (Wildman–Crippen MR) is 126 cm³/mol. The fourth-order valence-electron chi connectivity index (χ4n) is 3.32. The average Bonchev–Trinajstić information content (AvgIpc) is 2.75. The molecule has 1 heterocycles. The van der Waals surface area contributed by atoms with Crippen LogP contribution in [-0.4, -0.2) is 46.5 Å². The highest BCUT2D eigenvalue weighted by molar-refractivity contribution is 7.92. The summed E-state index contributed by atoms with van der Waals surface area (Å²) in [6.45, 7) is 8.95. The predicted octanol–water partition coefficient (Wildman–Crippen LogP) is 3.39. The highest BCUT2D eigenvalue weighted by atomic mass is 35.5. The van der Waals surface area contributed by atoms with E-state index in [1.807, 2.05) is 20.8 Å². The summed E-state index contributed by atoms with van der Waals surface area (Å²) in [5, 5.41) is 6.66. The van der Waals surface area contributed by atoms with Crippen molar-refractivity contribution in [2.45, 2.75) is 38.1 Å². The van der Waals surface area contributed by atoms with Crippen molar-refractivity contribution in [3.8, 4) is 0 Å². The van der Waals surface area contributed by atoms with Crippen LogP contribution >= 0.6 is 11.6 Å². The van der Waals surface area contributed by atoms with Crippen LogP contribution in [-0.2, 0) is 10.0 Å². The largest absolute Gasteiger partial charge is 0.368 e. The van der Waals surface area contributed by atoms with Crippen molar-refractivity contribution in [2.75, 3.05) is 35.8 Å². The number of sulfonamides is 1. The molecular formula is C22H29ClN4O3S. The zero-order valence-electron chi connectivity index (χ0n) is 18.0. The van der Waals surface area contributed by atoms with Gasteiger partial charge in [-0.2, -0.15) is 0 Å². The Morgan fingerprint density at radius 2 is 1.90 bits per heavy atom. The second-order valence-corrected chi connectivity index (χ2v) is 9.86. The summed E-state index contributed by atoms with van der Waals surface area (Å²) < 4.78 is 28.3. The molecule has 31 heavy (non-hydrogen) atoms. The topological polar surface area (TPSA) is 90.5 Å². The SMILES string of the molecule is CC[C@@H](C)NC(=O)c1cc(NS(=O)(=O)c2ccc(C)c(Cl)c2)ccc1N1CCNCC1. The fourth-order valence-corrected chi connectivity index (χ4v) is 4.64. The Bertz CT molecular complexity index is 1050. The van der Waals surface area contributed by atoms with Gasteiger partial charge in [0.15, 0.2) is 0 Å². The third kappa shape index (κ3) is 5.70. The number of hydrogen-bond donors (Lipinski definition) is 3. The van der Waals surface area contributed by atoms with Crippen LogP contribution in [0.15, 0.2) is 41.3 Å². The molecule has 2 aromatic carbocycles. The molecule has 1 amide bonds. The molecule has 0 bridgehead atoms. The fraction of sp³-hybridized carbons (Fsp3) is 0.409. The number of carbonyl (C=O) groups excluding carboxylic acids is 1. The van der Waals surface area contributed by atoms with E-state index >= 15 is 0 Å². The molecule has 3 rings (SSSR count). The van der Waals surface area contributed by atoms with Gasteiger partial charge in [0.1, 0.15) is 0 Å². The maximum Gasteiger partial charge on any atom is 0.261 e. The van der Waals surface area contributed by atoms with Crippen molar-refractivity contribution in [1.29, 1.82) is 0 Å². The zero-order chi connectivity index (χ0) is 22.6. The van der Waals surface area contributed by atoms with E-state index in [1.54, 1.807) is 24.3 Å². The van der Waals surface area contributed by atoms with Gasteiger partial charge in [0.05, 0.1) is 10.5 Å². The summed E-state index contributed by atoms with van der Waals surface area (Å²) in [5.41, 5.74) is 2.36. The van der Waals surface area contributed by atoms with E-state index in [0.717, 1.165) is 43.9 Å². The van der Waals surface area contributed by atoms with Crippen LogP contribution in [0.4, 0.5) is 11.4 Å². The van der Waals surface area contributed by atoms with Crippen molar-refractivity contribution in [3.05, 3.63) is 52.5 Å². The minimum Gasteiger partial charge on any atom is -0.368 e. The maximum atomic E-state index is 13.0. The number of nitrogens with zero attached hydrogens (tertiary/aromatic N) is 1. The third-order valence-electron chi connectivity index (χ3n) is 5.39. The van der Waals surface area contributed by atoms with Gasteiger partial charge in [-0.25, -0.2) is 8.42 Å². The number of anilines is 2. The van der Waals surface area contributed by atoms with E-state index < -0.39 is 10.0 Å². The molecule has 0 aliphatic carbocycles. The minimum atomic E-state index is -3.85. The number of carbonyl (C=O) groups is 1. The number of benzene rings is 2.